The summed E-state index contributed by atoms with van der Waals surface area (Å²) < 4.78 is 20.4. The van der Waals surface area contributed by atoms with Crippen LogP contribution in [-0.2, 0) is 4.74 Å². The van der Waals surface area contributed by atoms with Crippen LogP contribution in [0.3, 0.4) is 0 Å². The Bertz CT molecular complexity index is 1320. The maximum absolute atomic E-state index is 14.9. The zero-order chi connectivity index (χ0) is 30.7. The van der Waals surface area contributed by atoms with Gasteiger partial charge in [-0.15, -0.1) is 0 Å². The van der Waals surface area contributed by atoms with Gasteiger partial charge < -0.3 is 25.0 Å². The van der Waals surface area contributed by atoms with Crippen molar-refractivity contribution in [3.05, 3.63) is 47.5 Å². The Morgan fingerprint density at radius 2 is 1.67 bits per heavy atom. The van der Waals surface area contributed by atoms with E-state index >= 15 is 0 Å². The molecule has 2 aliphatic carbocycles. The third kappa shape index (κ3) is 7.68. The average Bonchev–Trinajstić information content (AvgIpc) is 3.81. The lowest BCUT2D eigenvalue weighted by Gasteiger charge is -2.39. The Morgan fingerprint density at radius 3 is 2.28 bits per heavy atom. The number of nitrogens with one attached hydrogen (secondary N) is 1. The van der Waals surface area contributed by atoms with Gasteiger partial charge in [0.25, 0.3) is 11.8 Å². The summed E-state index contributed by atoms with van der Waals surface area (Å²) in [6, 6.07) is 4.38. The second-order valence-electron chi connectivity index (χ2n) is 13.0. The Labute approximate surface area is 252 Å². The van der Waals surface area contributed by atoms with Crippen LogP contribution in [0.15, 0.2) is 30.6 Å². The Kier molecular flexibility index (Phi) is 9.29. The van der Waals surface area contributed by atoms with Gasteiger partial charge in [-0.05, 0) is 71.4 Å². The molecule has 3 amide bonds. The fraction of sp³-hybridized carbons (Fsp3) is 0.594. The van der Waals surface area contributed by atoms with Gasteiger partial charge in [-0.3, -0.25) is 9.59 Å². The maximum Gasteiger partial charge on any atom is 0.410 e. The molecule has 2 N–H and O–H groups in total. The first kappa shape index (κ1) is 30.8. The molecule has 2 saturated carbocycles. The molecule has 0 bridgehead atoms. The number of likely N-dealkylation sites (tertiary alicyclic amines) is 1. The van der Waals surface area contributed by atoms with Gasteiger partial charge >= 0.3 is 6.09 Å². The molecule has 3 fully saturated rings. The van der Waals surface area contributed by atoms with Crippen LogP contribution in [0.4, 0.5) is 9.18 Å². The quantitative estimate of drug-likeness (QED) is 0.481. The fourth-order valence-electron chi connectivity index (χ4n) is 5.96. The van der Waals surface area contributed by atoms with E-state index in [1.165, 1.54) is 24.5 Å². The van der Waals surface area contributed by atoms with Crippen molar-refractivity contribution in [2.45, 2.75) is 95.9 Å². The van der Waals surface area contributed by atoms with Crippen molar-refractivity contribution >= 4 is 17.9 Å². The minimum Gasteiger partial charge on any atom is -0.444 e. The summed E-state index contributed by atoms with van der Waals surface area (Å²) in [6.07, 6.45) is 8.93. The summed E-state index contributed by atoms with van der Waals surface area (Å²) in [6.45, 7) is 6.88. The summed E-state index contributed by atoms with van der Waals surface area (Å²) in [5.74, 6) is -1.14. The predicted octanol–water partition coefficient (Wildman–Crippen LogP) is 4.57. The highest BCUT2D eigenvalue weighted by Crippen LogP contribution is 2.33. The molecule has 1 aliphatic heterocycles. The molecule has 0 radical (unpaired) electrons. The van der Waals surface area contributed by atoms with Crippen LogP contribution in [0.25, 0.3) is 11.4 Å². The van der Waals surface area contributed by atoms with Crippen LogP contribution in [0.5, 0.6) is 0 Å². The van der Waals surface area contributed by atoms with Gasteiger partial charge in [-0.25, -0.2) is 19.2 Å². The van der Waals surface area contributed by atoms with Crippen molar-refractivity contribution in [2.75, 3.05) is 19.6 Å². The highest BCUT2D eigenvalue weighted by molar-refractivity contribution is 5.95. The highest BCUT2D eigenvalue weighted by Gasteiger charge is 2.40. The largest absolute Gasteiger partial charge is 0.444 e. The van der Waals surface area contributed by atoms with E-state index in [2.05, 4.69) is 15.3 Å². The molecule has 43 heavy (non-hydrogen) atoms. The number of hydrogen-bond donors (Lipinski definition) is 2. The van der Waals surface area contributed by atoms with Crippen molar-refractivity contribution in [3.63, 3.8) is 0 Å². The van der Waals surface area contributed by atoms with E-state index in [1.807, 2.05) is 25.7 Å². The monoisotopic (exact) mass is 595 g/mol. The normalized spacial score (nSPS) is 21.3. The lowest BCUT2D eigenvalue weighted by Crippen LogP contribution is -2.50. The van der Waals surface area contributed by atoms with Crippen LogP contribution >= 0.6 is 0 Å². The molecular weight excluding hydrogens is 553 g/mol. The van der Waals surface area contributed by atoms with Gasteiger partial charge in [-0.2, -0.15) is 0 Å². The number of aromatic nitrogens is 2. The van der Waals surface area contributed by atoms with E-state index < -0.39 is 23.4 Å². The van der Waals surface area contributed by atoms with Crippen LogP contribution < -0.4 is 5.32 Å². The van der Waals surface area contributed by atoms with Gasteiger partial charge in [-0.1, -0.05) is 18.9 Å². The summed E-state index contributed by atoms with van der Waals surface area (Å²) in [5, 5.41) is 12.9. The third-order valence-corrected chi connectivity index (χ3v) is 8.45. The zero-order valence-electron chi connectivity index (χ0n) is 25.2. The van der Waals surface area contributed by atoms with Crippen molar-refractivity contribution in [1.29, 1.82) is 0 Å². The third-order valence-electron chi connectivity index (χ3n) is 8.45. The Morgan fingerprint density at radius 1 is 1.02 bits per heavy atom. The predicted molar refractivity (Wildman–Crippen MR) is 158 cm³/mol. The molecule has 1 saturated heterocycles. The minimum absolute atomic E-state index is 0.00697. The molecule has 0 unspecified atom stereocenters. The second-order valence-corrected chi connectivity index (χ2v) is 13.0. The summed E-state index contributed by atoms with van der Waals surface area (Å²) in [5.41, 5.74) is 0.104. The van der Waals surface area contributed by atoms with Crippen LogP contribution in [0.2, 0.25) is 0 Å². The van der Waals surface area contributed by atoms with Crippen molar-refractivity contribution < 1.29 is 28.6 Å². The number of carbonyl (C=O) groups excluding carboxylic acids is 3. The molecule has 2 atom stereocenters. The molecular formula is C32H42FN5O5. The molecule has 232 valence electrons. The molecule has 0 spiro atoms. The standard InChI is InChI=1S/C32H42FN5O5/c1-32(2,3)43-31(42)37-14-12-24(13-15-37)38(23-9-10-23)30(41)22-18-34-28(35-19-22)20-8-11-25(26(33)16-20)29(40)36-17-21-6-4-5-7-27(21)39/h8,11,16,18-19,21,23-24,27,39H,4-7,9-10,12-15,17H2,1-3H3,(H,36,40)/t21-,27-/m1/s1. The molecule has 1 aromatic carbocycles. The number of aliphatic hydroxyl groups excluding tert-OH is 1. The van der Waals surface area contributed by atoms with Crippen LogP contribution in [0.1, 0.15) is 92.9 Å². The van der Waals surface area contributed by atoms with E-state index in [0.29, 0.717) is 43.6 Å². The van der Waals surface area contributed by atoms with Gasteiger partial charge in [0.05, 0.1) is 17.2 Å². The van der Waals surface area contributed by atoms with Crippen molar-refractivity contribution in [1.82, 2.24) is 25.1 Å². The zero-order valence-corrected chi connectivity index (χ0v) is 25.2. The van der Waals surface area contributed by atoms with E-state index in [9.17, 15) is 23.9 Å². The van der Waals surface area contributed by atoms with Crippen LogP contribution in [0, 0.1) is 11.7 Å². The maximum atomic E-state index is 14.9. The Hall–Kier alpha value is -3.60. The van der Waals surface area contributed by atoms with Gasteiger partial charge in [0, 0.05) is 55.6 Å². The first-order chi connectivity index (χ1) is 20.5. The number of hydrogen-bond acceptors (Lipinski definition) is 7. The topological polar surface area (TPSA) is 125 Å². The number of nitrogens with zero attached hydrogens (tertiary/aromatic N) is 4. The SMILES string of the molecule is CC(C)(C)OC(=O)N1CCC(N(C(=O)c2cnc(-c3ccc(C(=O)NC[C@H]4CCCC[C@H]4O)c(F)c3)nc2)C2CC2)CC1. The lowest BCUT2D eigenvalue weighted by molar-refractivity contribution is 0.0142. The van der Waals surface area contributed by atoms with E-state index in [-0.39, 0.29) is 41.4 Å². The van der Waals surface area contributed by atoms with E-state index in [4.69, 9.17) is 4.74 Å². The van der Waals surface area contributed by atoms with E-state index in [0.717, 1.165) is 38.5 Å². The number of amides is 3. The van der Waals surface area contributed by atoms with Gasteiger partial charge in [0.1, 0.15) is 11.4 Å². The number of benzene rings is 1. The molecule has 1 aromatic heterocycles. The highest BCUT2D eigenvalue weighted by atomic mass is 19.1. The number of halogens is 1. The van der Waals surface area contributed by atoms with Gasteiger partial charge in [0.15, 0.2) is 5.82 Å². The molecule has 2 heterocycles. The summed E-state index contributed by atoms with van der Waals surface area (Å²) in [4.78, 5) is 51.0. The van der Waals surface area contributed by atoms with Crippen molar-refractivity contribution in [2.24, 2.45) is 5.92 Å². The first-order valence-electron chi connectivity index (χ1n) is 15.4. The van der Waals surface area contributed by atoms with Gasteiger partial charge in [0.2, 0.25) is 0 Å². The summed E-state index contributed by atoms with van der Waals surface area (Å²) >= 11 is 0. The summed E-state index contributed by atoms with van der Waals surface area (Å²) in [7, 11) is 0. The smallest absolute Gasteiger partial charge is 0.410 e. The molecule has 5 rings (SSSR count). The fourth-order valence-corrected chi connectivity index (χ4v) is 5.96. The molecule has 11 heteroatoms. The molecule has 10 nitrogen and oxygen atoms in total. The molecule has 2 aromatic rings. The van der Waals surface area contributed by atoms with Crippen LogP contribution in [-0.4, -0.2) is 86.2 Å². The average molecular weight is 596 g/mol. The number of carbonyl (C=O) groups is 3. The number of ether oxygens (including phenoxy) is 1. The number of piperidine rings is 1. The first-order valence-corrected chi connectivity index (χ1v) is 15.4. The number of aliphatic hydroxyl groups is 1. The Balaban J connectivity index is 1.20. The van der Waals surface area contributed by atoms with Crippen molar-refractivity contribution in [3.8, 4) is 11.4 Å². The number of rotatable bonds is 7. The molecule has 3 aliphatic rings. The minimum atomic E-state index is -0.694. The second kappa shape index (κ2) is 13.0. The lowest BCUT2D eigenvalue weighted by atomic mass is 9.86. The van der Waals surface area contributed by atoms with E-state index in [1.54, 1.807) is 11.0 Å².